The Morgan fingerprint density at radius 3 is 2.64 bits per heavy atom. The molecule has 1 amide bonds. The van der Waals surface area contributed by atoms with E-state index in [1.807, 2.05) is 0 Å². The Hall–Kier alpha value is -3.93. The molecule has 1 N–H and O–H groups in total. The van der Waals surface area contributed by atoms with Crippen LogP contribution in [0.15, 0.2) is 30.5 Å². The third kappa shape index (κ3) is 6.75. The summed E-state index contributed by atoms with van der Waals surface area (Å²) < 4.78 is 51.6. The summed E-state index contributed by atoms with van der Waals surface area (Å²) in [5.74, 6) is 12.1. The fourth-order valence-corrected chi connectivity index (χ4v) is 4.53. The van der Waals surface area contributed by atoms with Crippen molar-refractivity contribution in [2.45, 2.75) is 31.9 Å². The molecule has 0 radical (unpaired) electrons. The largest absolute Gasteiger partial charge is 0.496 e. The van der Waals surface area contributed by atoms with E-state index < -0.39 is 17.6 Å². The summed E-state index contributed by atoms with van der Waals surface area (Å²) in [7, 11) is 1.35. The van der Waals surface area contributed by atoms with E-state index >= 15 is 0 Å². The molecular formula is C28H23F3N4O3S. The number of alkyl halides is 3. The van der Waals surface area contributed by atoms with Crippen LogP contribution in [-0.4, -0.2) is 41.4 Å². The molecule has 3 heterocycles. The first kappa shape index (κ1) is 26.7. The number of anilines is 1. The molecule has 11 heteroatoms. The molecule has 1 saturated heterocycles. The molecule has 1 aliphatic heterocycles. The van der Waals surface area contributed by atoms with Gasteiger partial charge in [0.2, 0.25) is 5.13 Å². The predicted molar refractivity (Wildman–Crippen MR) is 139 cm³/mol. The molecule has 1 unspecified atom stereocenters. The number of carbonyl (C=O) groups excluding carboxylic acids is 1. The number of nitrogens with zero attached hydrogens (tertiary/aromatic N) is 3. The van der Waals surface area contributed by atoms with Crippen LogP contribution in [0.5, 0.6) is 5.75 Å². The Kier molecular flexibility index (Phi) is 7.82. The number of rotatable bonds is 4. The lowest BCUT2D eigenvalue weighted by atomic mass is 9.96. The van der Waals surface area contributed by atoms with Crippen LogP contribution >= 0.6 is 11.3 Å². The van der Waals surface area contributed by atoms with Crippen LogP contribution in [0.25, 0.3) is 11.1 Å². The number of ether oxygens (including phenoxy) is 2. The Bertz CT molecular complexity index is 1500. The van der Waals surface area contributed by atoms with Gasteiger partial charge in [-0.1, -0.05) is 23.2 Å². The van der Waals surface area contributed by atoms with E-state index in [0.29, 0.717) is 29.8 Å². The summed E-state index contributed by atoms with van der Waals surface area (Å²) in [6.07, 6.45) is 0.623. The summed E-state index contributed by atoms with van der Waals surface area (Å²) in [6, 6.07) is 4.60. The van der Waals surface area contributed by atoms with E-state index in [-0.39, 0.29) is 33.5 Å². The minimum absolute atomic E-state index is 0.0278. The van der Waals surface area contributed by atoms with Crippen molar-refractivity contribution in [1.82, 2.24) is 15.2 Å². The Morgan fingerprint density at radius 2 is 1.92 bits per heavy atom. The smallest absolute Gasteiger partial charge is 0.416 e. The maximum Gasteiger partial charge on any atom is 0.416 e. The predicted octanol–water partition coefficient (Wildman–Crippen LogP) is 5.42. The summed E-state index contributed by atoms with van der Waals surface area (Å²) in [5, 5.41) is 11.3. The van der Waals surface area contributed by atoms with Gasteiger partial charge in [0.15, 0.2) is 5.01 Å². The highest BCUT2D eigenvalue weighted by atomic mass is 32.1. The zero-order valence-corrected chi connectivity index (χ0v) is 21.7. The first-order chi connectivity index (χ1) is 18.8. The van der Waals surface area contributed by atoms with E-state index in [4.69, 9.17) is 9.47 Å². The number of amides is 1. The van der Waals surface area contributed by atoms with Crippen molar-refractivity contribution < 1.29 is 27.4 Å². The van der Waals surface area contributed by atoms with Crippen molar-refractivity contribution in [3.8, 4) is 40.6 Å². The average molecular weight is 553 g/mol. The number of hydrogen-bond donors (Lipinski definition) is 1. The van der Waals surface area contributed by atoms with Crippen molar-refractivity contribution in [2.24, 2.45) is 11.8 Å². The monoisotopic (exact) mass is 552 g/mol. The first-order valence-electron chi connectivity index (χ1n) is 12.3. The molecule has 0 bridgehead atoms. The van der Waals surface area contributed by atoms with Gasteiger partial charge in [-0.25, -0.2) is 4.98 Å². The minimum atomic E-state index is -4.59. The van der Waals surface area contributed by atoms with Gasteiger partial charge in [0.25, 0.3) is 5.91 Å². The molecule has 1 atom stereocenters. The van der Waals surface area contributed by atoms with Gasteiger partial charge >= 0.3 is 6.18 Å². The van der Waals surface area contributed by atoms with Crippen LogP contribution < -0.4 is 10.1 Å². The molecule has 2 fully saturated rings. The van der Waals surface area contributed by atoms with Crippen LogP contribution in [0.1, 0.15) is 52.3 Å². The van der Waals surface area contributed by atoms with Gasteiger partial charge in [-0.05, 0) is 61.8 Å². The van der Waals surface area contributed by atoms with Crippen molar-refractivity contribution in [3.63, 3.8) is 0 Å². The Balaban J connectivity index is 1.51. The lowest BCUT2D eigenvalue weighted by Crippen LogP contribution is -2.15. The maximum atomic E-state index is 13.6. The normalized spacial score (nSPS) is 16.9. The lowest BCUT2D eigenvalue weighted by molar-refractivity contribution is -0.137. The van der Waals surface area contributed by atoms with E-state index in [1.165, 1.54) is 25.4 Å². The van der Waals surface area contributed by atoms with Crippen LogP contribution in [-0.2, 0) is 10.9 Å². The highest BCUT2D eigenvalue weighted by Crippen LogP contribution is 2.39. The fraction of sp³-hybridized carbons (Fsp3) is 0.357. The van der Waals surface area contributed by atoms with E-state index in [0.717, 1.165) is 49.2 Å². The van der Waals surface area contributed by atoms with Gasteiger partial charge in [-0.2, -0.15) is 13.2 Å². The van der Waals surface area contributed by atoms with E-state index in [1.54, 1.807) is 0 Å². The van der Waals surface area contributed by atoms with Gasteiger partial charge in [0.05, 0.1) is 24.8 Å². The Morgan fingerprint density at radius 1 is 1.10 bits per heavy atom. The molecule has 0 spiro atoms. The number of halogens is 3. The number of carbonyl (C=O) groups is 1. The second kappa shape index (κ2) is 11.4. The zero-order valence-electron chi connectivity index (χ0n) is 20.9. The van der Waals surface area contributed by atoms with Gasteiger partial charge in [0.1, 0.15) is 11.4 Å². The molecule has 3 aromatic rings. The third-order valence-electron chi connectivity index (χ3n) is 6.14. The van der Waals surface area contributed by atoms with Crippen LogP contribution in [0.4, 0.5) is 18.3 Å². The number of aromatic nitrogens is 3. The number of benzene rings is 1. The van der Waals surface area contributed by atoms with Crippen molar-refractivity contribution in [3.05, 3.63) is 52.3 Å². The molecule has 2 aromatic heterocycles. The second-order valence-electron chi connectivity index (χ2n) is 9.12. The van der Waals surface area contributed by atoms with Crippen LogP contribution in [0.2, 0.25) is 0 Å². The van der Waals surface area contributed by atoms with Gasteiger partial charge < -0.3 is 9.47 Å². The zero-order chi connectivity index (χ0) is 27.4. The standard InChI is InChI=1S/C28H23F3N4O3S/c1-37-24-10-8-19(28(29,30)31)13-22(24)21-14-20(9-6-18-3-2-12-38-16-18)32-15-23(21)26(36)33-27-35-34-25(39-27)11-7-17-4-5-17/h8,10,13-15,17-18H,2-5,12,16H2,1H3,(H,33,35,36). The molecule has 200 valence electrons. The van der Waals surface area contributed by atoms with Crippen LogP contribution in [0, 0.1) is 35.5 Å². The lowest BCUT2D eigenvalue weighted by Gasteiger charge is -2.17. The quantitative estimate of drug-likeness (QED) is 0.435. The van der Waals surface area contributed by atoms with Crippen molar-refractivity contribution in [2.75, 3.05) is 25.6 Å². The first-order valence-corrected chi connectivity index (χ1v) is 13.1. The topological polar surface area (TPSA) is 86.2 Å². The third-order valence-corrected chi connectivity index (χ3v) is 6.89. The highest BCUT2D eigenvalue weighted by molar-refractivity contribution is 7.15. The van der Waals surface area contributed by atoms with Crippen molar-refractivity contribution >= 4 is 22.4 Å². The maximum absolute atomic E-state index is 13.6. The number of hydrogen-bond acceptors (Lipinski definition) is 7. The summed E-state index contributed by atoms with van der Waals surface area (Å²) in [4.78, 5) is 17.6. The summed E-state index contributed by atoms with van der Waals surface area (Å²) >= 11 is 1.11. The average Bonchev–Trinajstić information content (AvgIpc) is 3.67. The minimum Gasteiger partial charge on any atom is -0.496 e. The van der Waals surface area contributed by atoms with Crippen LogP contribution in [0.3, 0.4) is 0 Å². The molecule has 2 aliphatic rings. The number of methoxy groups -OCH3 is 1. The molecule has 1 aromatic carbocycles. The van der Waals surface area contributed by atoms with Crippen molar-refractivity contribution in [1.29, 1.82) is 0 Å². The Labute approximate surface area is 227 Å². The molecule has 7 nitrogen and oxygen atoms in total. The van der Waals surface area contributed by atoms with E-state index in [2.05, 4.69) is 44.2 Å². The molecule has 5 rings (SSSR count). The SMILES string of the molecule is COc1ccc(C(F)(F)F)cc1-c1cc(C#CC2CCCOC2)ncc1C(=O)Nc1nnc(C#CC2CC2)s1. The second-order valence-corrected chi connectivity index (χ2v) is 10.1. The summed E-state index contributed by atoms with van der Waals surface area (Å²) in [6.45, 7) is 1.21. The number of nitrogens with one attached hydrogen (secondary N) is 1. The summed E-state index contributed by atoms with van der Waals surface area (Å²) in [5.41, 5.74) is -0.276. The fourth-order valence-electron chi connectivity index (χ4n) is 3.93. The van der Waals surface area contributed by atoms with Gasteiger partial charge in [0, 0.05) is 35.8 Å². The van der Waals surface area contributed by atoms with E-state index in [9.17, 15) is 18.0 Å². The highest BCUT2D eigenvalue weighted by Gasteiger charge is 2.32. The van der Waals surface area contributed by atoms with Gasteiger partial charge in [-0.3, -0.25) is 10.1 Å². The molecule has 39 heavy (non-hydrogen) atoms. The number of pyridine rings is 1. The molecular weight excluding hydrogens is 529 g/mol. The molecule has 1 saturated carbocycles. The molecule has 1 aliphatic carbocycles. The van der Waals surface area contributed by atoms with Gasteiger partial charge in [-0.15, -0.1) is 10.2 Å².